The molecule has 0 aliphatic heterocycles. The molecule has 2 N–H and O–H groups in total. The molecule has 3 aromatic rings. The van der Waals surface area contributed by atoms with Crippen molar-refractivity contribution >= 4 is 17.6 Å². The van der Waals surface area contributed by atoms with Crippen LogP contribution < -0.4 is 10.6 Å². The molecule has 2 amide bonds. The lowest BCUT2D eigenvalue weighted by molar-refractivity contribution is 0.248. The van der Waals surface area contributed by atoms with Crippen LogP contribution in [0.4, 0.5) is 10.6 Å². The number of hydrogen-bond acceptors (Lipinski definition) is 5. The predicted octanol–water partition coefficient (Wildman–Crippen LogP) is 2.00. The Hall–Kier alpha value is -2.97. The number of rotatable bonds is 6. The summed E-state index contributed by atoms with van der Waals surface area (Å²) in [7, 11) is 0. The Labute approximate surface area is 139 Å². The Morgan fingerprint density at radius 2 is 2.21 bits per heavy atom. The van der Waals surface area contributed by atoms with Crippen molar-refractivity contribution in [2.24, 2.45) is 0 Å². The van der Waals surface area contributed by atoms with Crippen molar-refractivity contribution in [3.63, 3.8) is 0 Å². The molecule has 0 aliphatic carbocycles. The minimum Gasteiger partial charge on any atom is -0.329 e. The van der Waals surface area contributed by atoms with Crippen LogP contribution in [0.2, 0.25) is 0 Å². The zero-order valence-corrected chi connectivity index (χ0v) is 13.7. The van der Waals surface area contributed by atoms with Gasteiger partial charge in [-0.15, -0.1) is 5.10 Å². The molecule has 126 valence electrons. The summed E-state index contributed by atoms with van der Waals surface area (Å²) in [5.41, 5.74) is 0.765. The molecule has 0 fully saturated rings. The lowest BCUT2D eigenvalue weighted by Crippen LogP contribution is -2.32. The van der Waals surface area contributed by atoms with Gasteiger partial charge in [0.15, 0.2) is 5.82 Å². The summed E-state index contributed by atoms with van der Waals surface area (Å²) in [5.74, 6) is 1.03. The van der Waals surface area contributed by atoms with Crippen LogP contribution in [0.5, 0.6) is 0 Å². The fraction of sp³-hybridized carbons (Fsp3) is 0.400. The number of amides is 2. The van der Waals surface area contributed by atoms with Gasteiger partial charge >= 0.3 is 6.03 Å². The number of imidazole rings is 1. The van der Waals surface area contributed by atoms with E-state index in [0.29, 0.717) is 18.0 Å². The first-order chi connectivity index (χ1) is 11.7. The number of nitrogens with zero attached hydrogens (tertiary/aromatic N) is 6. The zero-order valence-electron chi connectivity index (χ0n) is 13.7. The summed E-state index contributed by atoms with van der Waals surface area (Å²) in [5, 5.41) is 13.5. The van der Waals surface area contributed by atoms with E-state index in [1.807, 2.05) is 29.8 Å². The summed E-state index contributed by atoms with van der Waals surface area (Å²) < 4.78 is 3.52. The second kappa shape index (κ2) is 7.07. The van der Waals surface area contributed by atoms with Gasteiger partial charge in [-0.05, 0) is 18.9 Å². The SMILES string of the molecule is CCCn1cc(NC(=O)N[C@H](CC)c2cn3cccnc3n2)nn1. The summed E-state index contributed by atoms with van der Waals surface area (Å²) in [4.78, 5) is 20.8. The molecular formula is C15H20N8O. The first-order valence-corrected chi connectivity index (χ1v) is 7.97. The van der Waals surface area contributed by atoms with E-state index in [1.54, 1.807) is 17.1 Å². The maximum absolute atomic E-state index is 12.2. The number of anilines is 1. The molecule has 9 heteroatoms. The molecule has 0 aromatic carbocycles. The van der Waals surface area contributed by atoms with E-state index >= 15 is 0 Å². The lowest BCUT2D eigenvalue weighted by atomic mass is 10.2. The van der Waals surface area contributed by atoms with Gasteiger partial charge in [-0.2, -0.15) is 0 Å². The van der Waals surface area contributed by atoms with Gasteiger partial charge < -0.3 is 5.32 Å². The molecule has 0 spiro atoms. The Balaban J connectivity index is 1.66. The third-order valence-corrected chi connectivity index (χ3v) is 3.56. The molecule has 3 heterocycles. The standard InChI is InChI=1S/C15H20N8O/c1-3-7-23-10-13(20-21-23)19-15(24)18-11(4-2)12-9-22-8-5-6-16-14(22)17-12/h5-6,8-11H,3-4,7H2,1-2H3,(H2,18,19,24)/t11-/m1/s1. The van der Waals surface area contributed by atoms with Gasteiger partial charge in [0.25, 0.3) is 0 Å². The third-order valence-electron chi connectivity index (χ3n) is 3.56. The predicted molar refractivity (Wildman–Crippen MR) is 88.5 cm³/mol. The molecule has 0 unspecified atom stereocenters. The van der Waals surface area contributed by atoms with Crippen LogP contribution in [0.25, 0.3) is 5.78 Å². The molecule has 1 atom stereocenters. The summed E-state index contributed by atoms with van der Waals surface area (Å²) in [6.45, 7) is 4.80. The Morgan fingerprint density at radius 3 is 2.96 bits per heavy atom. The molecule has 0 radical (unpaired) electrons. The molecule has 0 bridgehead atoms. The fourth-order valence-corrected chi connectivity index (χ4v) is 2.41. The first-order valence-electron chi connectivity index (χ1n) is 7.97. The summed E-state index contributed by atoms with van der Waals surface area (Å²) in [6.07, 6.45) is 8.80. The number of aryl methyl sites for hydroxylation is 1. The van der Waals surface area contributed by atoms with Crippen molar-refractivity contribution in [1.29, 1.82) is 0 Å². The van der Waals surface area contributed by atoms with Crippen LogP contribution >= 0.6 is 0 Å². The van der Waals surface area contributed by atoms with Gasteiger partial charge in [0.05, 0.1) is 17.9 Å². The van der Waals surface area contributed by atoms with Gasteiger partial charge in [0.2, 0.25) is 5.78 Å². The molecule has 9 nitrogen and oxygen atoms in total. The number of hydrogen-bond donors (Lipinski definition) is 2. The number of fused-ring (bicyclic) bond motifs is 1. The van der Waals surface area contributed by atoms with E-state index in [2.05, 4.69) is 37.8 Å². The van der Waals surface area contributed by atoms with Gasteiger partial charge in [0, 0.05) is 25.1 Å². The Morgan fingerprint density at radius 1 is 1.33 bits per heavy atom. The van der Waals surface area contributed by atoms with Crippen molar-refractivity contribution in [3.05, 3.63) is 36.5 Å². The van der Waals surface area contributed by atoms with Crippen molar-refractivity contribution < 1.29 is 4.79 Å². The van der Waals surface area contributed by atoms with Gasteiger partial charge in [-0.3, -0.25) is 14.4 Å². The number of aromatic nitrogens is 6. The largest absolute Gasteiger partial charge is 0.329 e. The van der Waals surface area contributed by atoms with E-state index < -0.39 is 0 Å². The van der Waals surface area contributed by atoms with Gasteiger partial charge in [-0.1, -0.05) is 19.1 Å². The zero-order chi connectivity index (χ0) is 16.9. The van der Waals surface area contributed by atoms with Crippen molar-refractivity contribution in [1.82, 2.24) is 34.7 Å². The van der Waals surface area contributed by atoms with E-state index in [-0.39, 0.29) is 12.1 Å². The molecule has 0 aliphatic rings. The van der Waals surface area contributed by atoms with Gasteiger partial charge in [0.1, 0.15) is 0 Å². The van der Waals surface area contributed by atoms with Crippen LogP contribution in [-0.4, -0.2) is 35.4 Å². The highest BCUT2D eigenvalue weighted by Crippen LogP contribution is 2.16. The normalized spacial score (nSPS) is 12.2. The topological polar surface area (TPSA) is 102 Å². The highest BCUT2D eigenvalue weighted by Gasteiger charge is 2.17. The van der Waals surface area contributed by atoms with E-state index in [4.69, 9.17) is 0 Å². The second-order valence-corrected chi connectivity index (χ2v) is 5.42. The number of urea groups is 1. The summed E-state index contributed by atoms with van der Waals surface area (Å²) >= 11 is 0. The monoisotopic (exact) mass is 328 g/mol. The van der Waals surface area contributed by atoms with E-state index in [0.717, 1.165) is 18.7 Å². The number of nitrogens with one attached hydrogen (secondary N) is 2. The average molecular weight is 328 g/mol. The minimum absolute atomic E-state index is 0.211. The van der Waals surface area contributed by atoms with Crippen LogP contribution in [0.1, 0.15) is 38.4 Å². The number of carbonyl (C=O) groups is 1. The smallest absolute Gasteiger partial charge is 0.321 e. The molecule has 3 rings (SSSR count). The van der Waals surface area contributed by atoms with Crippen molar-refractivity contribution in [2.45, 2.75) is 39.3 Å². The van der Waals surface area contributed by atoms with Gasteiger partial charge in [-0.25, -0.2) is 14.8 Å². The van der Waals surface area contributed by atoms with Crippen LogP contribution in [-0.2, 0) is 6.54 Å². The quantitative estimate of drug-likeness (QED) is 0.720. The van der Waals surface area contributed by atoms with Crippen LogP contribution in [0, 0.1) is 0 Å². The van der Waals surface area contributed by atoms with Crippen LogP contribution in [0.3, 0.4) is 0 Å². The van der Waals surface area contributed by atoms with E-state index in [1.165, 1.54) is 0 Å². The molecule has 24 heavy (non-hydrogen) atoms. The maximum atomic E-state index is 12.2. The Bertz CT molecular complexity index is 791. The second-order valence-electron chi connectivity index (χ2n) is 5.42. The first kappa shape index (κ1) is 15.9. The van der Waals surface area contributed by atoms with Crippen molar-refractivity contribution in [3.8, 4) is 0 Å². The molecular weight excluding hydrogens is 308 g/mol. The van der Waals surface area contributed by atoms with Crippen molar-refractivity contribution in [2.75, 3.05) is 5.32 Å². The number of carbonyl (C=O) groups excluding carboxylic acids is 1. The molecule has 3 aromatic heterocycles. The summed E-state index contributed by atoms with van der Waals surface area (Å²) in [6, 6.07) is 1.28. The average Bonchev–Trinajstić information content (AvgIpc) is 3.19. The maximum Gasteiger partial charge on any atom is 0.321 e. The van der Waals surface area contributed by atoms with Crippen LogP contribution in [0.15, 0.2) is 30.9 Å². The molecule has 0 saturated heterocycles. The highest BCUT2D eigenvalue weighted by atomic mass is 16.2. The fourth-order valence-electron chi connectivity index (χ4n) is 2.41. The Kier molecular flexibility index (Phi) is 4.69. The highest BCUT2D eigenvalue weighted by molar-refractivity contribution is 5.88. The van der Waals surface area contributed by atoms with E-state index in [9.17, 15) is 4.79 Å². The third kappa shape index (κ3) is 3.50. The molecule has 0 saturated carbocycles. The minimum atomic E-state index is -0.338. The lowest BCUT2D eigenvalue weighted by Gasteiger charge is -2.14.